The maximum atomic E-state index is 2.89. The number of aryl methyl sites for hydroxylation is 2. The van der Waals surface area contributed by atoms with Crippen molar-refractivity contribution in [3.63, 3.8) is 0 Å². The fourth-order valence-electron chi connectivity index (χ4n) is 4.85. The van der Waals surface area contributed by atoms with Gasteiger partial charge in [-0.2, -0.15) is 48.5 Å². The third-order valence-corrected chi connectivity index (χ3v) is 6.57. The van der Waals surface area contributed by atoms with Crippen LogP contribution < -0.4 is 24.8 Å². The SMILES string of the molecule is Cc1cc2c(-c3ccccc3)cccc2[cH-]1.Cc1cc2c(-c3ccccc3)cccc2[cH-]1.[Cl-].[Cl-].[Zr+2].[c-]1ccccc1. The molecule has 0 aliphatic rings. The topological polar surface area (TPSA) is 0 Å². The fraction of sp³-hybridized carbons (Fsp3) is 0.0526. The van der Waals surface area contributed by atoms with Crippen molar-refractivity contribution >= 4 is 21.5 Å². The van der Waals surface area contributed by atoms with Gasteiger partial charge in [-0.3, -0.25) is 0 Å². The van der Waals surface area contributed by atoms with Crippen molar-refractivity contribution in [1.29, 1.82) is 0 Å². The molecule has 0 spiro atoms. The molecule has 0 nitrogen and oxygen atoms in total. The monoisotopic (exact) mass is 647 g/mol. The summed E-state index contributed by atoms with van der Waals surface area (Å²) in [5.74, 6) is 0. The Morgan fingerprint density at radius 2 is 0.854 bits per heavy atom. The van der Waals surface area contributed by atoms with Crippen LogP contribution in [0.4, 0.5) is 0 Å². The van der Waals surface area contributed by atoms with E-state index in [1.165, 1.54) is 54.9 Å². The first-order valence-corrected chi connectivity index (χ1v) is 13.0. The van der Waals surface area contributed by atoms with Crippen molar-refractivity contribution in [2.45, 2.75) is 13.8 Å². The van der Waals surface area contributed by atoms with E-state index in [9.17, 15) is 0 Å². The van der Waals surface area contributed by atoms with E-state index in [-0.39, 0.29) is 51.0 Å². The zero-order valence-electron chi connectivity index (χ0n) is 23.2. The van der Waals surface area contributed by atoms with E-state index in [0.717, 1.165) is 0 Å². The molecule has 0 aliphatic heterocycles. The summed E-state index contributed by atoms with van der Waals surface area (Å²) >= 11 is 0. The summed E-state index contributed by atoms with van der Waals surface area (Å²) in [6.45, 7) is 4.30. The third-order valence-electron chi connectivity index (χ3n) is 6.57. The van der Waals surface area contributed by atoms with Crippen LogP contribution in [0, 0.1) is 19.9 Å². The van der Waals surface area contributed by atoms with Crippen LogP contribution >= 0.6 is 0 Å². The molecule has 0 bridgehead atoms. The summed E-state index contributed by atoms with van der Waals surface area (Å²) in [7, 11) is 0. The van der Waals surface area contributed by atoms with Crippen molar-refractivity contribution in [2.75, 3.05) is 0 Å². The van der Waals surface area contributed by atoms with Gasteiger partial charge in [0, 0.05) is 0 Å². The van der Waals surface area contributed by atoms with Crippen LogP contribution in [0.15, 0.2) is 152 Å². The Morgan fingerprint density at radius 3 is 1.20 bits per heavy atom. The van der Waals surface area contributed by atoms with Gasteiger partial charge < -0.3 is 24.8 Å². The van der Waals surface area contributed by atoms with Gasteiger partial charge in [-0.15, -0.1) is 69.1 Å². The van der Waals surface area contributed by atoms with Crippen molar-refractivity contribution in [3.05, 3.63) is 169 Å². The molecule has 7 aromatic rings. The second kappa shape index (κ2) is 16.9. The summed E-state index contributed by atoms with van der Waals surface area (Å²) in [5.41, 5.74) is 7.89. The van der Waals surface area contributed by atoms with Crippen molar-refractivity contribution in [3.8, 4) is 22.3 Å². The summed E-state index contributed by atoms with van der Waals surface area (Å²) in [4.78, 5) is 0. The zero-order chi connectivity index (χ0) is 26.2. The molecule has 0 saturated carbocycles. The van der Waals surface area contributed by atoms with E-state index in [1.54, 1.807) is 0 Å². The molecule has 7 aromatic carbocycles. The molecular formula is C38H31Cl2Zr-3. The van der Waals surface area contributed by atoms with Crippen LogP contribution in [0.5, 0.6) is 0 Å². The van der Waals surface area contributed by atoms with E-state index >= 15 is 0 Å². The minimum Gasteiger partial charge on any atom is -1.00 e. The molecule has 0 amide bonds. The predicted octanol–water partition coefficient (Wildman–Crippen LogP) is 4.56. The number of hydrogen-bond acceptors (Lipinski definition) is 0. The van der Waals surface area contributed by atoms with Gasteiger partial charge in [-0.25, -0.2) is 0 Å². The Morgan fingerprint density at radius 1 is 0.463 bits per heavy atom. The third kappa shape index (κ3) is 8.88. The Balaban J connectivity index is 0.000000226. The van der Waals surface area contributed by atoms with Gasteiger partial charge in [0.1, 0.15) is 0 Å². The van der Waals surface area contributed by atoms with Crippen molar-refractivity contribution in [1.82, 2.24) is 0 Å². The molecule has 0 N–H and O–H groups in total. The molecule has 7 rings (SSSR count). The van der Waals surface area contributed by atoms with Gasteiger partial charge in [0.15, 0.2) is 0 Å². The molecule has 0 unspecified atom stereocenters. The van der Waals surface area contributed by atoms with Gasteiger partial charge in [0.05, 0.1) is 0 Å². The Kier molecular flexibility index (Phi) is 14.0. The normalized spacial score (nSPS) is 9.61. The Hall–Kier alpha value is -3.22. The summed E-state index contributed by atoms with van der Waals surface area (Å²) in [6.07, 6.45) is 0. The van der Waals surface area contributed by atoms with Crippen molar-refractivity contribution in [2.24, 2.45) is 0 Å². The van der Waals surface area contributed by atoms with Gasteiger partial charge >= 0.3 is 26.2 Å². The van der Waals surface area contributed by atoms with Crippen LogP contribution in [0.25, 0.3) is 43.8 Å². The first-order valence-electron chi connectivity index (χ1n) is 13.0. The molecule has 0 aromatic heterocycles. The van der Waals surface area contributed by atoms with Crippen LogP contribution in [0.1, 0.15) is 11.1 Å². The molecular weight excluding hydrogens is 619 g/mol. The van der Waals surface area contributed by atoms with Crippen LogP contribution in [0.2, 0.25) is 0 Å². The van der Waals surface area contributed by atoms with Crippen molar-refractivity contribution < 1.29 is 51.0 Å². The first kappa shape index (κ1) is 34.0. The number of hydrogen-bond donors (Lipinski definition) is 0. The quantitative estimate of drug-likeness (QED) is 0.241. The minimum atomic E-state index is 0. The van der Waals surface area contributed by atoms with Gasteiger partial charge in [-0.1, -0.05) is 97.8 Å². The van der Waals surface area contributed by atoms with E-state index < -0.39 is 0 Å². The van der Waals surface area contributed by atoms with E-state index in [4.69, 9.17) is 0 Å². The molecule has 41 heavy (non-hydrogen) atoms. The Bertz CT molecular complexity index is 1570. The average Bonchev–Trinajstić information content (AvgIpc) is 3.56. The smallest absolute Gasteiger partial charge is 1.00 e. The predicted molar refractivity (Wildman–Crippen MR) is 165 cm³/mol. The maximum absolute atomic E-state index is 2.89. The van der Waals surface area contributed by atoms with Gasteiger partial charge in [-0.05, 0) is 11.1 Å². The molecule has 0 fully saturated rings. The van der Waals surface area contributed by atoms with Crippen LogP contribution in [-0.4, -0.2) is 0 Å². The standard InChI is InChI=1S/2C16H13.C6H5.2ClH.Zr/c2*1-12-10-14-8-5-9-15(16(14)11-12)13-6-3-2-4-7-13;1-2-4-6-5-3-1;;;/h2*2-11H,1H3;1-5H;2*1H;/q3*-1;;;+2/p-2. The largest absolute Gasteiger partial charge is 2.00 e. The fourth-order valence-corrected chi connectivity index (χ4v) is 4.85. The van der Waals surface area contributed by atoms with Crippen LogP contribution in [0.3, 0.4) is 0 Å². The molecule has 0 saturated heterocycles. The Labute approximate surface area is 275 Å². The van der Waals surface area contributed by atoms with E-state index in [2.05, 4.69) is 141 Å². The molecule has 0 aliphatic carbocycles. The summed E-state index contributed by atoms with van der Waals surface area (Å²) in [6, 6.07) is 55.6. The summed E-state index contributed by atoms with van der Waals surface area (Å²) in [5, 5.41) is 5.37. The number of halogens is 2. The van der Waals surface area contributed by atoms with Gasteiger partial charge in [0.25, 0.3) is 0 Å². The number of benzene rings is 5. The second-order valence-electron chi connectivity index (χ2n) is 9.49. The average molecular weight is 650 g/mol. The number of fused-ring (bicyclic) bond motifs is 2. The van der Waals surface area contributed by atoms with Crippen LogP contribution in [-0.2, 0) is 26.2 Å². The molecule has 0 atom stereocenters. The molecule has 3 heteroatoms. The molecule has 0 heterocycles. The maximum Gasteiger partial charge on any atom is 2.00 e. The van der Waals surface area contributed by atoms with E-state index in [1.807, 2.05) is 30.3 Å². The second-order valence-corrected chi connectivity index (χ2v) is 9.49. The van der Waals surface area contributed by atoms with E-state index in [0.29, 0.717) is 0 Å². The number of rotatable bonds is 2. The minimum absolute atomic E-state index is 0. The first-order chi connectivity index (χ1) is 18.7. The summed E-state index contributed by atoms with van der Waals surface area (Å²) < 4.78 is 0. The molecule has 0 radical (unpaired) electrons. The van der Waals surface area contributed by atoms with Gasteiger partial charge in [0.2, 0.25) is 0 Å². The molecule has 204 valence electrons. The zero-order valence-corrected chi connectivity index (χ0v) is 27.2.